The quantitative estimate of drug-likeness (QED) is 0.415. The third-order valence-electron chi connectivity index (χ3n) is 5.66. The van der Waals surface area contributed by atoms with Gasteiger partial charge in [-0.05, 0) is 47.9 Å². The standard InChI is InChI=1S/C24H30N4O3S2/c1-16(2)22(17-8-10-18(30-3)11-9-17)25-21(29)15-33-24-27-26-23(20-7-5-13-32-20)28(24)14-19-6-4-12-31-19/h5,7-11,13,16,19,22H,4,6,12,14-15H2,1-3H3,(H,25,29). The second-order valence-electron chi connectivity index (χ2n) is 8.38. The molecule has 3 heterocycles. The van der Waals surface area contributed by atoms with Crippen LogP contribution in [0.2, 0.25) is 0 Å². The second kappa shape index (κ2) is 11.2. The van der Waals surface area contributed by atoms with E-state index < -0.39 is 0 Å². The zero-order valence-corrected chi connectivity index (χ0v) is 20.8. The average molecular weight is 487 g/mol. The van der Waals surface area contributed by atoms with E-state index >= 15 is 0 Å². The van der Waals surface area contributed by atoms with E-state index in [1.807, 2.05) is 41.8 Å². The van der Waals surface area contributed by atoms with E-state index in [0.29, 0.717) is 6.54 Å². The van der Waals surface area contributed by atoms with Crippen LogP contribution in [0.4, 0.5) is 0 Å². The first-order valence-electron chi connectivity index (χ1n) is 11.2. The lowest BCUT2D eigenvalue weighted by atomic mass is 9.96. The Labute approximate surface area is 202 Å². The highest BCUT2D eigenvalue weighted by Crippen LogP contribution is 2.29. The molecule has 1 amide bonds. The van der Waals surface area contributed by atoms with E-state index in [4.69, 9.17) is 9.47 Å². The highest BCUT2D eigenvalue weighted by Gasteiger charge is 2.23. The van der Waals surface area contributed by atoms with Crippen LogP contribution < -0.4 is 10.1 Å². The van der Waals surface area contributed by atoms with Crippen molar-refractivity contribution in [1.82, 2.24) is 20.1 Å². The lowest BCUT2D eigenvalue weighted by Crippen LogP contribution is -2.33. The molecule has 0 spiro atoms. The summed E-state index contributed by atoms with van der Waals surface area (Å²) in [5.74, 6) is 2.13. The maximum atomic E-state index is 12.9. The Morgan fingerprint density at radius 3 is 2.76 bits per heavy atom. The number of ether oxygens (including phenoxy) is 2. The molecule has 7 nitrogen and oxygen atoms in total. The lowest BCUT2D eigenvalue weighted by molar-refractivity contribution is -0.119. The number of carbonyl (C=O) groups is 1. The van der Waals surface area contributed by atoms with E-state index in [9.17, 15) is 4.79 Å². The molecule has 4 rings (SSSR count). The van der Waals surface area contributed by atoms with Crippen molar-refractivity contribution in [3.05, 3.63) is 47.3 Å². The number of nitrogens with zero attached hydrogens (tertiary/aromatic N) is 3. The zero-order chi connectivity index (χ0) is 23.2. The van der Waals surface area contributed by atoms with Crippen LogP contribution in [-0.2, 0) is 16.1 Å². The molecule has 176 valence electrons. The molecule has 1 saturated heterocycles. The molecule has 1 aromatic carbocycles. The fraction of sp³-hybridized carbons (Fsp3) is 0.458. The monoisotopic (exact) mass is 486 g/mol. The SMILES string of the molecule is COc1ccc(C(NC(=O)CSc2nnc(-c3cccs3)n2CC2CCCO2)C(C)C)cc1. The number of thiophene rings is 1. The smallest absolute Gasteiger partial charge is 0.230 e. The molecule has 33 heavy (non-hydrogen) atoms. The fourth-order valence-electron chi connectivity index (χ4n) is 3.93. The molecular formula is C24H30N4O3S2. The Morgan fingerprint density at radius 2 is 2.12 bits per heavy atom. The van der Waals surface area contributed by atoms with Crippen LogP contribution in [0.3, 0.4) is 0 Å². The van der Waals surface area contributed by atoms with Gasteiger partial charge in [0.25, 0.3) is 0 Å². The van der Waals surface area contributed by atoms with Crippen molar-refractivity contribution < 1.29 is 14.3 Å². The molecule has 2 unspecified atom stereocenters. The van der Waals surface area contributed by atoms with Crippen molar-refractivity contribution in [2.45, 2.75) is 50.5 Å². The summed E-state index contributed by atoms with van der Waals surface area (Å²) < 4.78 is 13.2. The number of methoxy groups -OCH3 is 1. The third-order valence-corrected chi connectivity index (χ3v) is 7.49. The number of thioether (sulfide) groups is 1. The summed E-state index contributed by atoms with van der Waals surface area (Å²) in [7, 11) is 1.65. The number of rotatable bonds is 10. The first-order chi connectivity index (χ1) is 16.0. The van der Waals surface area contributed by atoms with Gasteiger partial charge in [0.15, 0.2) is 11.0 Å². The Morgan fingerprint density at radius 1 is 1.30 bits per heavy atom. The summed E-state index contributed by atoms with van der Waals surface area (Å²) >= 11 is 3.05. The molecule has 0 radical (unpaired) electrons. The summed E-state index contributed by atoms with van der Waals surface area (Å²) in [6, 6.07) is 11.8. The van der Waals surface area contributed by atoms with Gasteiger partial charge < -0.3 is 14.8 Å². The molecule has 1 N–H and O–H groups in total. The minimum Gasteiger partial charge on any atom is -0.497 e. The normalized spacial score (nSPS) is 16.8. The van der Waals surface area contributed by atoms with Crippen LogP contribution in [0.25, 0.3) is 10.7 Å². The molecule has 0 saturated carbocycles. The minimum absolute atomic E-state index is 0.0288. The van der Waals surface area contributed by atoms with Crippen molar-refractivity contribution in [3.8, 4) is 16.5 Å². The number of hydrogen-bond donors (Lipinski definition) is 1. The number of amides is 1. The van der Waals surface area contributed by atoms with Crippen molar-refractivity contribution in [2.75, 3.05) is 19.5 Å². The van der Waals surface area contributed by atoms with Crippen molar-refractivity contribution in [3.63, 3.8) is 0 Å². The number of carbonyl (C=O) groups excluding carboxylic acids is 1. The van der Waals surface area contributed by atoms with Gasteiger partial charge in [-0.3, -0.25) is 9.36 Å². The first-order valence-corrected chi connectivity index (χ1v) is 13.1. The Kier molecular flexibility index (Phi) is 8.06. The maximum Gasteiger partial charge on any atom is 0.230 e. The molecular weight excluding hydrogens is 456 g/mol. The molecule has 1 aliphatic rings. The van der Waals surface area contributed by atoms with E-state index in [1.54, 1.807) is 18.4 Å². The average Bonchev–Trinajstić information content (AvgIpc) is 3.59. The molecule has 0 aliphatic carbocycles. The van der Waals surface area contributed by atoms with Gasteiger partial charge in [0, 0.05) is 6.61 Å². The Hall–Kier alpha value is -2.36. The number of benzene rings is 1. The van der Waals surface area contributed by atoms with Gasteiger partial charge in [0.05, 0.1) is 36.4 Å². The lowest BCUT2D eigenvalue weighted by Gasteiger charge is -2.23. The molecule has 2 atom stereocenters. The number of nitrogens with one attached hydrogen (secondary N) is 1. The molecule has 3 aromatic rings. The predicted molar refractivity (Wildman–Crippen MR) is 132 cm³/mol. The van der Waals surface area contributed by atoms with E-state index in [-0.39, 0.29) is 29.7 Å². The van der Waals surface area contributed by atoms with Gasteiger partial charge in [-0.1, -0.05) is 43.8 Å². The number of hydrogen-bond acceptors (Lipinski definition) is 7. The van der Waals surface area contributed by atoms with E-state index in [2.05, 4.69) is 33.9 Å². The summed E-state index contributed by atoms with van der Waals surface area (Å²) in [6.45, 7) is 5.71. The van der Waals surface area contributed by atoms with Crippen molar-refractivity contribution >= 4 is 29.0 Å². The van der Waals surface area contributed by atoms with Crippen LogP contribution in [0.15, 0.2) is 46.9 Å². The van der Waals surface area contributed by atoms with Gasteiger partial charge in [-0.2, -0.15) is 0 Å². The predicted octanol–water partition coefficient (Wildman–Crippen LogP) is 4.80. The third kappa shape index (κ3) is 5.96. The van der Waals surface area contributed by atoms with Crippen LogP contribution >= 0.6 is 23.1 Å². The first kappa shape index (κ1) is 23.8. The molecule has 9 heteroatoms. The van der Waals surface area contributed by atoms with Gasteiger partial charge in [-0.15, -0.1) is 21.5 Å². The topological polar surface area (TPSA) is 78.3 Å². The highest BCUT2D eigenvalue weighted by molar-refractivity contribution is 7.99. The summed E-state index contributed by atoms with van der Waals surface area (Å²) in [6.07, 6.45) is 2.27. The largest absolute Gasteiger partial charge is 0.497 e. The zero-order valence-electron chi connectivity index (χ0n) is 19.2. The van der Waals surface area contributed by atoms with E-state index in [0.717, 1.165) is 46.6 Å². The second-order valence-corrected chi connectivity index (χ2v) is 10.3. The van der Waals surface area contributed by atoms with Gasteiger partial charge in [0.2, 0.25) is 5.91 Å². The van der Waals surface area contributed by atoms with Crippen molar-refractivity contribution in [1.29, 1.82) is 0 Å². The number of aromatic nitrogens is 3. The van der Waals surface area contributed by atoms with Crippen LogP contribution in [0.5, 0.6) is 5.75 Å². The van der Waals surface area contributed by atoms with Crippen LogP contribution in [0, 0.1) is 5.92 Å². The fourth-order valence-corrected chi connectivity index (χ4v) is 5.41. The van der Waals surface area contributed by atoms with Gasteiger partial charge in [-0.25, -0.2) is 0 Å². The van der Waals surface area contributed by atoms with E-state index in [1.165, 1.54) is 11.8 Å². The molecule has 1 fully saturated rings. The minimum atomic E-state index is -0.0737. The van der Waals surface area contributed by atoms with Gasteiger partial charge >= 0.3 is 0 Å². The summed E-state index contributed by atoms with van der Waals surface area (Å²) in [5.41, 5.74) is 1.06. The summed E-state index contributed by atoms with van der Waals surface area (Å²) in [5, 5.41) is 14.8. The molecule has 1 aliphatic heterocycles. The maximum absolute atomic E-state index is 12.9. The Bertz CT molecular complexity index is 1030. The molecule has 2 aromatic heterocycles. The van der Waals surface area contributed by atoms with Gasteiger partial charge in [0.1, 0.15) is 5.75 Å². The van der Waals surface area contributed by atoms with Crippen LogP contribution in [-0.4, -0.2) is 46.2 Å². The van der Waals surface area contributed by atoms with Crippen LogP contribution in [0.1, 0.15) is 38.3 Å². The molecule has 0 bridgehead atoms. The highest BCUT2D eigenvalue weighted by atomic mass is 32.2. The van der Waals surface area contributed by atoms with Crippen molar-refractivity contribution in [2.24, 2.45) is 5.92 Å². The summed E-state index contributed by atoms with van der Waals surface area (Å²) in [4.78, 5) is 13.9. The Balaban J connectivity index is 1.44.